The zero-order valence-corrected chi connectivity index (χ0v) is 14.7. The van der Waals surface area contributed by atoms with E-state index in [2.05, 4.69) is 4.72 Å². The highest BCUT2D eigenvalue weighted by Crippen LogP contribution is 2.37. The lowest BCUT2D eigenvalue weighted by atomic mass is 10.1. The van der Waals surface area contributed by atoms with Crippen molar-refractivity contribution in [2.75, 3.05) is 11.0 Å². The predicted octanol–water partition coefficient (Wildman–Crippen LogP) is 3.93. The fraction of sp³-hybridized carbons (Fsp3) is 0.250. The van der Waals surface area contributed by atoms with Gasteiger partial charge >= 0.3 is 0 Å². The second-order valence-electron chi connectivity index (χ2n) is 5.23. The van der Waals surface area contributed by atoms with Crippen LogP contribution in [0.15, 0.2) is 46.2 Å². The molecule has 1 atom stereocenters. The first-order valence-electron chi connectivity index (χ1n) is 7.12. The Morgan fingerprint density at radius 1 is 1.17 bits per heavy atom. The third-order valence-corrected chi connectivity index (χ3v) is 4.89. The van der Waals surface area contributed by atoms with E-state index >= 15 is 0 Å². The number of benzene rings is 2. The molecule has 0 aliphatic rings. The van der Waals surface area contributed by atoms with E-state index in [0.717, 1.165) is 30.2 Å². The van der Waals surface area contributed by atoms with Gasteiger partial charge in [-0.15, -0.1) is 0 Å². The van der Waals surface area contributed by atoms with E-state index in [1.165, 1.54) is 12.1 Å². The lowest BCUT2D eigenvalue weighted by Gasteiger charge is -2.15. The van der Waals surface area contributed by atoms with Crippen LogP contribution in [-0.4, -0.2) is 19.8 Å². The van der Waals surface area contributed by atoms with Crippen LogP contribution in [0.5, 0.6) is 0 Å². The maximum absolute atomic E-state index is 13.9. The summed E-state index contributed by atoms with van der Waals surface area (Å²) in [5.74, 6) is -1.44. The van der Waals surface area contributed by atoms with Crippen molar-refractivity contribution in [3.63, 3.8) is 0 Å². The monoisotopic (exact) mass is 373 g/mol. The number of hydrogen-bond acceptors (Lipinski definition) is 4. The van der Waals surface area contributed by atoms with Gasteiger partial charge in [0.25, 0.3) is 0 Å². The first-order valence-corrected chi connectivity index (χ1v) is 9.83. The maximum atomic E-state index is 13.9. The van der Waals surface area contributed by atoms with Gasteiger partial charge in [-0.1, -0.05) is 24.8 Å². The predicted molar refractivity (Wildman–Crippen MR) is 90.6 cm³/mol. The van der Waals surface area contributed by atoms with Gasteiger partial charge < -0.3 is 5.11 Å². The van der Waals surface area contributed by atoms with Crippen LogP contribution >= 0.6 is 11.8 Å². The number of aliphatic hydroxyl groups is 1. The minimum absolute atomic E-state index is 0.149. The fourth-order valence-electron chi connectivity index (χ4n) is 2.03. The second-order valence-corrected chi connectivity index (χ2v) is 8.06. The molecule has 0 aliphatic carbocycles. The third kappa shape index (κ3) is 4.93. The van der Waals surface area contributed by atoms with E-state index < -0.39 is 27.8 Å². The molecule has 4 nitrogen and oxygen atoms in total. The van der Waals surface area contributed by atoms with E-state index in [9.17, 15) is 22.3 Å². The van der Waals surface area contributed by atoms with Gasteiger partial charge in [0.1, 0.15) is 11.6 Å². The molecule has 0 amide bonds. The first kappa shape index (κ1) is 18.7. The highest BCUT2D eigenvalue weighted by atomic mass is 32.2. The smallest absolute Gasteiger partial charge is 0.229 e. The van der Waals surface area contributed by atoms with Crippen molar-refractivity contribution in [2.45, 2.75) is 29.2 Å². The summed E-state index contributed by atoms with van der Waals surface area (Å²) in [6.45, 7) is 1.81. The van der Waals surface area contributed by atoms with Gasteiger partial charge in [0.2, 0.25) is 10.0 Å². The summed E-state index contributed by atoms with van der Waals surface area (Å²) < 4.78 is 52.3. The van der Waals surface area contributed by atoms with Crippen LogP contribution in [0.4, 0.5) is 14.5 Å². The molecule has 0 saturated carbocycles. The van der Waals surface area contributed by atoms with Gasteiger partial charge in [0.15, 0.2) is 0 Å². The van der Waals surface area contributed by atoms with E-state index in [-0.39, 0.29) is 10.6 Å². The minimum Gasteiger partial charge on any atom is -0.388 e. The number of rotatable bonds is 6. The van der Waals surface area contributed by atoms with E-state index in [1.807, 2.05) is 0 Å². The number of anilines is 1. The van der Waals surface area contributed by atoms with Gasteiger partial charge in [-0.25, -0.2) is 17.2 Å². The highest BCUT2D eigenvalue weighted by Gasteiger charge is 2.15. The largest absolute Gasteiger partial charge is 0.388 e. The van der Waals surface area contributed by atoms with E-state index in [1.54, 1.807) is 19.1 Å². The summed E-state index contributed by atoms with van der Waals surface area (Å²) in [4.78, 5) is 0.562. The van der Waals surface area contributed by atoms with Crippen molar-refractivity contribution in [3.8, 4) is 0 Å². The Morgan fingerprint density at radius 2 is 1.88 bits per heavy atom. The molecule has 0 bridgehead atoms. The Hall–Kier alpha value is -1.64. The molecule has 2 aromatic rings. The molecule has 0 aromatic heterocycles. The maximum Gasteiger partial charge on any atom is 0.229 e. The van der Waals surface area contributed by atoms with Crippen molar-refractivity contribution in [2.24, 2.45) is 0 Å². The fourth-order valence-corrected chi connectivity index (χ4v) is 3.62. The number of aliphatic hydroxyl groups excluding tert-OH is 1. The molecule has 0 spiro atoms. The van der Waals surface area contributed by atoms with Crippen molar-refractivity contribution in [1.29, 1.82) is 0 Å². The van der Waals surface area contributed by atoms with E-state index in [4.69, 9.17) is 0 Å². The quantitative estimate of drug-likeness (QED) is 0.805. The Bertz CT molecular complexity index is 841. The lowest BCUT2D eigenvalue weighted by molar-refractivity contribution is 0.173. The molecule has 0 aliphatic heterocycles. The number of halogens is 2. The van der Waals surface area contributed by atoms with Gasteiger partial charge in [0.05, 0.1) is 18.0 Å². The van der Waals surface area contributed by atoms with Crippen molar-refractivity contribution in [1.82, 2.24) is 0 Å². The summed E-state index contributed by atoms with van der Waals surface area (Å²) in [5.41, 5.74) is 0.847. The van der Waals surface area contributed by atoms with Gasteiger partial charge in [-0.3, -0.25) is 4.72 Å². The van der Waals surface area contributed by atoms with Crippen LogP contribution in [0.3, 0.4) is 0 Å². The van der Waals surface area contributed by atoms with Crippen molar-refractivity contribution in [3.05, 3.63) is 53.6 Å². The van der Waals surface area contributed by atoms with Crippen molar-refractivity contribution < 1.29 is 22.3 Å². The number of sulfonamides is 1. The molecule has 8 heteroatoms. The molecule has 0 fully saturated rings. The van der Waals surface area contributed by atoms with Crippen LogP contribution in [0.1, 0.15) is 25.0 Å². The lowest BCUT2D eigenvalue weighted by Crippen LogP contribution is -2.10. The summed E-state index contributed by atoms with van der Waals surface area (Å²) in [5, 5.41) is 9.96. The average molecular weight is 373 g/mol. The average Bonchev–Trinajstić information content (AvgIpc) is 2.49. The SMILES string of the molecule is CCC(O)c1ccc(NS(C)(=O)=O)c(Sc2ccc(F)cc2F)c1. The van der Waals surface area contributed by atoms with Crippen LogP contribution < -0.4 is 4.72 Å². The molecule has 1 unspecified atom stereocenters. The minimum atomic E-state index is -3.53. The molecular formula is C16H17F2NO3S2. The van der Waals surface area contributed by atoms with Crippen LogP contribution in [0, 0.1) is 11.6 Å². The van der Waals surface area contributed by atoms with Crippen LogP contribution in [0.2, 0.25) is 0 Å². The summed E-state index contributed by atoms with van der Waals surface area (Å²) in [6.07, 6.45) is 0.775. The molecule has 2 N–H and O–H groups in total. The molecule has 2 aromatic carbocycles. The van der Waals surface area contributed by atoms with Gasteiger partial charge in [0, 0.05) is 15.9 Å². The van der Waals surface area contributed by atoms with Crippen molar-refractivity contribution >= 4 is 27.5 Å². The molecule has 0 radical (unpaired) electrons. The normalized spacial score (nSPS) is 12.9. The van der Waals surface area contributed by atoms with Gasteiger partial charge in [-0.05, 0) is 36.2 Å². The molecule has 0 saturated heterocycles. The van der Waals surface area contributed by atoms with Crippen LogP contribution in [-0.2, 0) is 10.0 Å². The Labute approximate surface area is 144 Å². The number of nitrogens with one attached hydrogen (secondary N) is 1. The molecular weight excluding hydrogens is 356 g/mol. The summed E-state index contributed by atoms with van der Waals surface area (Å²) in [6, 6.07) is 7.87. The Kier molecular flexibility index (Phi) is 5.84. The topological polar surface area (TPSA) is 66.4 Å². The third-order valence-electron chi connectivity index (χ3n) is 3.19. The zero-order chi connectivity index (χ0) is 17.9. The van der Waals surface area contributed by atoms with Gasteiger partial charge in [-0.2, -0.15) is 0 Å². The Morgan fingerprint density at radius 3 is 2.46 bits per heavy atom. The molecule has 24 heavy (non-hydrogen) atoms. The number of hydrogen-bond donors (Lipinski definition) is 2. The Balaban J connectivity index is 2.46. The highest BCUT2D eigenvalue weighted by molar-refractivity contribution is 7.99. The second kappa shape index (κ2) is 7.50. The zero-order valence-electron chi connectivity index (χ0n) is 13.1. The van der Waals surface area contributed by atoms with E-state index in [0.29, 0.717) is 16.9 Å². The standard InChI is InChI=1S/C16H17F2NO3S2/c1-3-14(20)10-4-6-13(19-24(2,21)22)16(8-10)23-15-7-5-11(17)9-12(15)18/h4-9,14,19-20H,3H2,1-2H3. The van der Waals surface area contributed by atoms with Crippen LogP contribution in [0.25, 0.3) is 0 Å². The summed E-state index contributed by atoms with van der Waals surface area (Å²) in [7, 11) is -3.53. The molecule has 2 rings (SSSR count). The summed E-state index contributed by atoms with van der Waals surface area (Å²) >= 11 is 0.953. The molecule has 0 heterocycles. The first-order chi connectivity index (χ1) is 11.2. The molecule has 130 valence electrons.